The van der Waals surface area contributed by atoms with Crippen molar-refractivity contribution in [2.45, 2.75) is 24.2 Å². The fraction of sp³-hybridized carbons (Fsp3) is 0.0769. The Hall–Kier alpha value is -7.44. The predicted octanol–water partition coefficient (Wildman–Crippen LogP) is 11.5. The third-order valence-electron chi connectivity index (χ3n) is 11.6. The third kappa shape index (κ3) is 6.44. The van der Waals surface area contributed by atoms with Crippen LogP contribution in [0.2, 0.25) is 0 Å². The Labute approximate surface area is 339 Å². The highest BCUT2D eigenvalue weighted by Crippen LogP contribution is 2.58. The van der Waals surface area contributed by atoms with Gasteiger partial charge in [0.1, 0.15) is 23.0 Å². The van der Waals surface area contributed by atoms with Crippen LogP contribution >= 0.6 is 0 Å². The zero-order chi connectivity index (χ0) is 39.9. The van der Waals surface area contributed by atoms with E-state index in [-0.39, 0.29) is 0 Å². The molecule has 0 radical (unpaired) electrons. The van der Waals surface area contributed by atoms with Gasteiger partial charge in [-0.25, -0.2) is 0 Å². The van der Waals surface area contributed by atoms with Crippen LogP contribution in [0.25, 0.3) is 11.1 Å². The van der Waals surface area contributed by atoms with E-state index in [2.05, 4.69) is 97.9 Å². The number of benzene rings is 8. The molecule has 0 fully saturated rings. The van der Waals surface area contributed by atoms with Gasteiger partial charge >= 0.3 is 0 Å². The van der Waals surface area contributed by atoms with E-state index in [4.69, 9.17) is 32.4 Å². The van der Waals surface area contributed by atoms with Crippen molar-refractivity contribution in [3.63, 3.8) is 0 Å². The second-order valence-corrected chi connectivity index (χ2v) is 15.3. The first-order valence-electron chi connectivity index (χ1n) is 19.4. The molecule has 284 valence electrons. The first-order chi connectivity index (χ1) is 28.2. The Morgan fingerprint density at radius 2 is 0.793 bits per heavy atom. The summed E-state index contributed by atoms with van der Waals surface area (Å²) in [6.07, 6.45) is 0.687. The minimum Gasteiger partial charge on any atom is -0.457 e. The summed E-state index contributed by atoms with van der Waals surface area (Å²) in [4.78, 5) is 0. The van der Waals surface area contributed by atoms with Gasteiger partial charge in [-0.2, -0.15) is 0 Å². The topological polar surface area (TPSA) is 123 Å². The summed E-state index contributed by atoms with van der Waals surface area (Å²) in [5.74, 6) is 2.93. The van der Waals surface area contributed by atoms with E-state index >= 15 is 0 Å². The molecule has 0 unspecified atom stereocenters. The molecule has 0 spiro atoms. The predicted molar refractivity (Wildman–Crippen MR) is 237 cm³/mol. The molecular formula is C52H44N4O2. The fourth-order valence-corrected chi connectivity index (χ4v) is 8.70. The van der Waals surface area contributed by atoms with Gasteiger partial charge in [0.15, 0.2) is 0 Å². The van der Waals surface area contributed by atoms with Crippen molar-refractivity contribution in [3.8, 4) is 34.1 Å². The van der Waals surface area contributed by atoms with Gasteiger partial charge in [0.25, 0.3) is 0 Å². The van der Waals surface area contributed by atoms with Crippen molar-refractivity contribution in [1.29, 1.82) is 0 Å². The number of nitrogens with two attached hydrogens (primary N) is 4. The molecule has 8 aromatic carbocycles. The lowest BCUT2D eigenvalue weighted by molar-refractivity contribution is 0.480. The lowest BCUT2D eigenvalue weighted by Crippen LogP contribution is -2.32. The van der Waals surface area contributed by atoms with Crippen LogP contribution in [-0.4, -0.2) is 0 Å². The Morgan fingerprint density at radius 3 is 1.24 bits per heavy atom. The Bertz CT molecular complexity index is 2570. The number of ether oxygens (including phenoxy) is 2. The summed E-state index contributed by atoms with van der Waals surface area (Å²) < 4.78 is 12.5. The molecule has 9 rings (SSSR count). The van der Waals surface area contributed by atoms with Crippen molar-refractivity contribution in [2.24, 2.45) is 0 Å². The lowest BCUT2D eigenvalue weighted by atomic mass is 9.64. The molecule has 6 heteroatoms. The molecule has 8 N–H and O–H groups in total. The average Bonchev–Trinajstić information content (AvgIpc) is 3.55. The number of hydrogen-bond acceptors (Lipinski definition) is 6. The van der Waals surface area contributed by atoms with Crippen molar-refractivity contribution < 1.29 is 9.47 Å². The molecular weight excluding hydrogens is 713 g/mol. The van der Waals surface area contributed by atoms with E-state index in [9.17, 15) is 0 Å². The summed E-state index contributed by atoms with van der Waals surface area (Å²) >= 11 is 0. The maximum absolute atomic E-state index is 6.33. The zero-order valence-electron chi connectivity index (χ0n) is 32.2. The number of nitrogen functional groups attached to an aromatic ring is 4. The van der Waals surface area contributed by atoms with Crippen LogP contribution in [0.3, 0.4) is 0 Å². The van der Waals surface area contributed by atoms with Crippen molar-refractivity contribution >= 4 is 22.7 Å². The van der Waals surface area contributed by atoms with E-state index in [0.29, 0.717) is 17.8 Å². The second kappa shape index (κ2) is 14.6. The quantitative estimate of drug-likeness (QED) is 0.103. The molecule has 0 aromatic heterocycles. The molecule has 0 saturated carbocycles. The van der Waals surface area contributed by atoms with E-state index in [0.717, 1.165) is 56.6 Å². The van der Waals surface area contributed by atoms with Crippen LogP contribution in [0.15, 0.2) is 188 Å². The van der Waals surface area contributed by atoms with Crippen LogP contribution in [-0.2, 0) is 17.3 Å². The maximum atomic E-state index is 6.33. The lowest BCUT2D eigenvalue weighted by Gasteiger charge is -2.38. The van der Waals surface area contributed by atoms with E-state index in [1.807, 2.05) is 97.1 Å². The molecule has 0 aliphatic heterocycles. The Kier molecular flexibility index (Phi) is 9.10. The standard InChI is InChI=1S/C52H44N4O2/c1-51(35-13-25-43(26-14-35)57-45-29-21-41(55)22-30-45,36-15-27-44(28-16-36)58-46-31-23-42(56)24-32-46)33-34-5-4-7-48-47-6-2-3-8-49(47)52(50(34)48,37-9-17-39(53)18-10-37)38-11-19-40(54)20-12-38/h2-32H,33,53-56H2,1H3. The normalized spacial score (nSPS) is 12.7. The first-order valence-corrected chi connectivity index (χ1v) is 19.4. The van der Waals surface area contributed by atoms with Gasteiger partial charge < -0.3 is 32.4 Å². The first kappa shape index (κ1) is 36.2. The Balaban J connectivity index is 1.20. The SMILES string of the molecule is CC(Cc1cccc2c1C(c1ccc(N)cc1)(c1ccc(N)cc1)c1ccccc1-2)(c1ccc(Oc2ccc(N)cc2)cc1)c1ccc(Oc2ccc(N)cc2)cc1. The van der Waals surface area contributed by atoms with E-state index in [1.54, 1.807) is 0 Å². The summed E-state index contributed by atoms with van der Waals surface area (Å²) in [6, 6.07) is 64.0. The molecule has 58 heavy (non-hydrogen) atoms. The molecule has 0 saturated heterocycles. The summed E-state index contributed by atoms with van der Waals surface area (Å²) in [5.41, 5.74) is 36.9. The van der Waals surface area contributed by atoms with Crippen molar-refractivity contribution in [3.05, 3.63) is 227 Å². The van der Waals surface area contributed by atoms with Crippen LogP contribution in [0, 0.1) is 0 Å². The fourth-order valence-electron chi connectivity index (χ4n) is 8.70. The molecule has 8 aromatic rings. The molecule has 0 amide bonds. The van der Waals surface area contributed by atoms with Gasteiger partial charge in [-0.05, 0) is 154 Å². The van der Waals surface area contributed by atoms with Crippen molar-refractivity contribution in [2.75, 3.05) is 22.9 Å². The minimum absolute atomic E-state index is 0.503. The molecule has 0 atom stereocenters. The van der Waals surface area contributed by atoms with Gasteiger partial charge in [-0.3, -0.25) is 0 Å². The van der Waals surface area contributed by atoms with Gasteiger partial charge in [-0.1, -0.05) is 97.9 Å². The van der Waals surface area contributed by atoms with Crippen LogP contribution < -0.4 is 32.4 Å². The highest BCUT2D eigenvalue weighted by atomic mass is 16.5. The largest absolute Gasteiger partial charge is 0.457 e. The monoisotopic (exact) mass is 756 g/mol. The highest BCUT2D eigenvalue weighted by molar-refractivity contribution is 5.87. The summed E-state index contributed by atoms with van der Waals surface area (Å²) in [7, 11) is 0. The minimum atomic E-state index is -0.640. The summed E-state index contributed by atoms with van der Waals surface area (Å²) in [6.45, 7) is 2.33. The third-order valence-corrected chi connectivity index (χ3v) is 11.6. The molecule has 1 aliphatic rings. The van der Waals surface area contributed by atoms with E-state index < -0.39 is 10.8 Å². The molecule has 0 bridgehead atoms. The number of rotatable bonds is 10. The van der Waals surface area contributed by atoms with E-state index in [1.165, 1.54) is 27.8 Å². The van der Waals surface area contributed by atoms with Crippen LogP contribution in [0.5, 0.6) is 23.0 Å². The van der Waals surface area contributed by atoms with Gasteiger partial charge in [-0.15, -0.1) is 0 Å². The van der Waals surface area contributed by atoms with Crippen molar-refractivity contribution in [1.82, 2.24) is 0 Å². The summed E-state index contributed by atoms with van der Waals surface area (Å²) in [5, 5.41) is 0. The number of anilines is 4. The average molecular weight is 757 g/mol. The van der Waals surface area contributed by atoms with Gasteiger partial charge in [0, 0.05) is 28.2 Å². The zero-order valence-corrected chi connectivity index (χ0v) is 32.2. The number of hydrogen-bond donors (Lipinski definition) is 4. The molecule has 0 heterocycles. The number of fused-ring (bicyclic) bond motifs is 3. The Morgan fingerprint density at radius 1 is 0.414 bits per heavy atom. The molecule has 6 nitrogen and oxygen atoms in total. The van der Waals surface area contributed by atoms with Crippen LogP contribution in [0.4, 0.5) is 22.7 Å². The van der Waals surface area contributed by atoms with Gasteiger partial charge in [0.05, 0.1) is 5.41 Å². The van der Waals surface area contributed by atoms with Crippen LogP contribution in [0.1, 0.15) is 45.9 Å². The highest BCUT2D eigenvalue weighted by Gasteiger charge is 2.48. The maximum Gasteiger partial charge on any atom is 0.127 e. The molecule has 1 aliphatic carbocycles. The second-order valence-electron chi connectivity index (χ2n) is 15.3. The van der Waals surface area contributed by atoms with Gasteiger partial charge in [0.2, 0.25) is 0 Å². The smallest absolute Gasteiger partial charge is 0.127 e.